The first-order chi connectivity index (χ1) is 11.3. The zero-order valence-electron chi connectivity index (χ0n) is 12.4. The Morgan fingerprint density at radius 1 is 1.09 bits per heavy atom. The van der Waals surface area contributed by atoms with Crippen molar-refractivity contribution in [2.45, 2.75) is 6.61 Å². The maximum atomic E-state index is 5.73. The van der Waals surface area contributed by atoms with E-state index in [2.05, 4.69) is 25.5 Å². The van der Waals surface area contributed by atoms with Crippen LogP contribution in [0.1, 0.15) is 5.82 Å². The van der Waals surface area contributed by atoms with Crippen LogP contribution in [-0.2, 0) is 13.7 Å². The number of fused-ring (bicyclic) bond motifs is 1. The molecule has 1 aromatic carbocycles. The summed E-state index contributed by atoms with van der Waals surface area (Å²) in [6.45, 7) is 0.262. The molecule has 8 heteroatoms. The Hall–Kier alpha value is -3.29. The van der Waals surface area contributed by atoms with E-state index < -0.39 is 0 Å². The Morgan fingerprint density at radius 2 is 1.96 bits per heavy atom. The Labute approximate surface area is 131 Å². The SMILES string of the molecule is Cn1nnnc1-n1c(COc2ccccn2)nc2ccccc21. The van der Waals surface area contributed by atoms with Gasteiger partial charge in [-0.25, -0.2) is 14.6 Å². The molecule has 3 heterocycles. The molecule has 0 saturated carbocycles. The van der Waals surface area contributed by atoms with Gasteiger partial charge in [-0.2, -0.15) is 0 Å². The van der Waals surface area contributed by atoms with Crippen LogP contribution in [0.2, 0.25) is 0 Å². The average molecular weight is 307 g/mol. The molecule has 114 valence electrons. The first-order valence-corrected chi connectivity index (χ1v) is 7.06. The molecule has 3 aromatic heterocycles. The molecule has 0 aliphatic carbocycles. The monoisotopic (exact) mass is 307 g/mol. The second kappa shape index (κ2) is 5.48. The normalized spacial score (nSPS) is 11.0. The maximum absolute atomic E-state index is 5.73. The molecule has 0 spiro atoms. The van der Waals surface area contributed by atoms with Crippen molar-refractivity contribution in [2.24, 2.45) is 7.05 Å². The number of hydrogen-bond donors (Lipinski definition) is 0. The number of para-hydroxylation sites is 2. The van der Waals surface area contributed by atoms with Crippen LogP contribution in [0.3, 0.4) is 0 Å². The summed E-state index contributed by atoms with van der Waals surface area (Å²) in [5, 5.41) is 11.7. The summed E-state index contributed by atoms with van der Waals surface area (Å²) in [5.74, 6) is 1.83. The number of benzene rings is 1. The Balaban J connectivity index is 1.78. The van der Waals surface area contributed by atoms with Crippen LogP contribution in [0.15, 0.2) is 48.7 Å². The largest absolute Gasteiger partial charge is 0.469 e. The number of pyridine rings is 1. The molecule has 4 rings (SSSR count). The van der Waals surface area contributed by atoms with E-state index in [1.165, 1.54) is 0 Å². The molecule has 0 amide bonds. The minimum atomic E-state index is 0.262. The first-order valence-electron chi connectivity index (χ1n) is 7.06. The molecule has 0 aliphatic rings. The number of tetrazole rings is 1. The predicted molar refractivity (Wildman–Crippen MR) is 82.0 cm³/mol. The smallest absolute Gasteiger partial charge is 0.255 e. The van der Waals surface area contributed by atoms with Crippen LogP contribution in [0.25, 0.3) is 17.0 Å². The molecule has 4 aromatic rings. The topological polar surface area (TPSA) is 83.5 Å². The van der Waals surface area contributed by atoms with Crippen LogP contribution in [0.4, 0.5) is 0 Å². The highest BCUT2D eigenvalue weighted by molar-refractivity contribution is 5.77. The van der Waals surface area contributed by atoms with Crippen molar-refractivity contribution in [3.63, 3.8) is 0 Å². The van der Waals surface area contributed by atoms with Gasteiger partial charge in [0.25, 0.3) is 5.95 Å². The van der Waals surface area contributed by atoms with Crippen molar-refractivity contribution in [1.29, 1.82) is 0 Å². The third-order valence-corrected chi connectivity index (χ3v) is 3.41. The molecule has 8 nitrogen and oxygen atoms in total. The number of nitrogens with zero attached hydrogens (tertiary/aromatic N) is 7. The zero-order valence-corrected chi connectivity index (χ0v) is 12.4. The Kier molecular flexibility index (Phi) is 3.19. The summed E-state index contributed by atoms with van der Waals surface area (Å²) in [6, 6.07) is 13.3. The predicted octanol–water partition coefficient (Wildman–Crippen LogP) is 1.52. The van der Waals surface area contributed by atoms with Crippen LogP contribution in [0.5, 0.6) is 5.88 Å². The lowest BCUT2D eigenvalue weighted by Crippen LogP contribution is -2.10. The van der Waals surface area contributed by atoms with E-state index in [0.717, 1.165) is 11.0 Å². The van der Waals surface area contributed by atoms with Crippen molar-refractivity contribution in [3.8, 4) is 11.8 Å². The fourth-order valence-electron chi connectivity index (χ4n) is 2.38. The van der Waals surface area contributed by atoms with Crippen LogP contribution in [-0.4, -0.2) is 34.7 Å². The van der Waals surface area contributed by atoms with E-state index in [1.54, 1.807) is 24.0 Å². The molecule has 0 saturated heterocycles. The first kappa shape index (κ1) is 13.4. The zero-order chi connectivity index (χ0) is 15.6. The van der Waals surface area contributed by atoms with Gasteiger partial charge in [0.05, 0.1) is 11.0 Å². The summed E-state index contributed by atoms with van der Waals surface area (Å²) in [4.78, 5) is 8.78. The summed E-state index contributed by atoms with van der Waals surface area (Å²) < 4.78 is 9.21. The van der Waals surface area contributed by atoms with Gasteiger partial charge in [0.15, 0.2) is 5.82 Å². The lowest BCUT2D eigenvalue weighted by molar-refractivity contribution is 0.282. The van der Waals surface area contributed by atoms with Crippen LogP contribution < -0.4 is 4.74 Å². The van der Waals surface area contributed by atoms with Gasteiger partial charge >= 0.3 is 0 Å². The molecule has 0 unspecified atom stereocenters. The molecular weight excluding hydrogens is 294 g/mol. The maximum Gasteiger partial charge on any atom is 0.255 e. The molecule has 23 heavy (non-hydrogen) atoms. The van der Waals surface area contributed by atoms with E-state index in [0.29, 0.717) is 17.7 Å². The second-order valence-electron chi connectivity index (χ2n) is 4.91. The van der Waals surface area contributed by atoms with Crippen molar-refractivity contribution in [1.82, 2.24) is 34.7 Å². The molecule has 0 bridgehead atoms. The summed E-state index contributed by atoms with van der Waals surface area (Å²) in [5.41, 5.74) is 1.78. The van der Waals surface area contributed by atoms with E-state index >= 15 is 0 Å². The molecular formula is C15H13N7O. The van der Waals surface area contributed by atoms with Gasteiger partial charge < -0.3 is 4.74 Å². The highest BCUT2D eigenvalue weighted by Crippen LogP contribution is 2.20. The van der Waals surface area contributed by atoms with Crippen molar-refractivity contribution >= 4 is 11.0 Å². The lowest BCUT2D eigenvalue weighted by atomic mass is 10.3. The number of ether oxygens (including phenoxy) is 1. The third kappa shape index (κ3) is 2.39. The minimum Gasteiger partial charge on any atom is -0.469 e. The Morgan fingerprint density at radius 3 is 2.74 bits per heavy atom. The van der Waals surface area contributed by atoms with Crippen LogP contribution in [0, 0.1) is 0 Å². The Bertz CT molecular complexity index is 945. The van der Waals surface area contributed by atoms with Crippen molar-refractivity contribution in [2.75, 3.05) is 0 Å². The number of aromatic nitrogens is 7. The minimum absolute atomic E-state index is 0.262. The quantitative estimate of drug-likeness (QED) is 0.568. The number of hydrogen-bond acceptors (Lipinski definition) is 6. The summed E-state index contributed by atoms with van der Waals surface area (Å²) in [7, 11) is 1.79. The molecule has 0 N–H and O–H groups in total. The van der Waals surface area contributed by atoms with Gasteiger partial charge in [-0.3, -0.25) is 4.57 Å². The van der Waals surface area contributed by atoms with Gasteiger partial charge in [-0.05, 0) is 28.6 Å². The third-order valence-electron chi connectivity index (χ3n) is 3.41. The van der Waals surface area contributed by atoms with Gasteiger partial charge in [-0.15, -0.1) is 0 Å². The number of rotatable bonds is 4. The second-order valence-corrected chi connectivity index (χ2v) is 4.91. The van der Waals surface area contributed by atoms with Crippen molar-refractivity contribution < 1.29 is 4.74 Å². The fraction of sp³-hybridized carbons (Fsp3) is 0.133. The van der Waals surface area contributed by atoms with Gasteiger partial charge in [0.1, 0.15) is 6.61 Å². The van der Waals surface area contributed by atoms with E-state index in [9.17, 15) is 0 Å². The van der Waals surface area contributed by atoms with E-state index in [1.807, 2.05) is 41.0 Å². The lowest BCUT2D eigenvalue weighted by Gasteiger charge is -2.08. The van der Waals surface area contributed by atoms with Gasteiger partial charge in [0, 0.05) is 19.3 Å². The fourth-order valence-corrected chi connectivity index (χ4v) is 2.38. The molecule has 0 atom stereocenters. The molecule has 0 fully saturated rings. The highest BCUT2D eigenvalue weighted by atomic mass is 16.5. The number of aryl methyl sites for hydroxylation is 1. The standard InChI is InChI=1S/C15H13N7O/c1-21-15(18-19-20-21)22-12-7-3-2-6-11(12)17-13(22)10-23-14-8-4-5-9-16-14/h2-9H,10H2,1H3. The molecule has 0 aliphatic heterocycles. The highest BCUT2D eigenvalue weighted by Gasteiger charge is 2.17. The summed E-state index contributed by atoms with van der Waals surface area (Å²) >= 11 is 0. The van der Waals surface area contributed by atoms with Gasteiger partial charge in [-0.1, -0.05) is 23.3 Å². The van der Waals surface area contributed by atoms with Crippen LogP contribution >= 0.6 is 0 Å². The average Bonchev–Trinajstić information content (AvgIpc) is 3.16. The van der Waals surface area contributed by atoms with Gasteiger partial charge in [0.2, 0.25) is 5.88 Å². The van der Waals surface area contributed by atoms with E-state index in [4.69, 9.17) is 4.74 Å². The number of imidazole rings is 1. The van der Waals surface area contributed by atoms with Crippen molar-refractivity contribution in [3.05, 3.63) is 54.5 Å². The summed E-state index contributed by atoms with van der Waals surface area (Å²) in [6.07, 6.45) is 1.69. The van der Waals surface area contributed by atoms with E-state index in [-0.39, 0.29) is 6.61 Å². The molecule has 0 radical (unpaired) electrons.